The zero-order chi connectivity index (χ0) is 15.1. The van der Waals surface area contributed by atoms with Gasteiger partial charge in [-0.1, -0.05) is 0 Å². The Bertz CT molecular complexity index is 449. The minimum Gasteiger partial charge on any atom is -0.477 e. The molecule has 0 aromatic carbocycles. The van der Waals surface area contributed by atoms with Gasteiger partial charge in [-0.05, 0) is 26.3 Å². The number of nitrogens with zero attached hydrogens (tertiary/aromatic N) is 2. The number of nitrogens with one attached hydrogen (secondary N) is 2. The Kier molecular flexibility index (Phi) is 6.01. The number of aromatic amines is 1. The van der Waals surface area contributed by atoms with Crippen LogP contribution in [0.15, 0.2) is 6.07 Å². The van der Waals surface area contributed by atoms with Crippen molar-refractivity contribution in [2.75, 3.05) is 40.0 Å². The van der Waals surface area contributed by atoms with E-state index in [2.05, 4.69) is 20.4 Å². The van der Waals surface area contributed by atoms with E-state index in [1.54, 1.807) is 13.2 Å². The van der Waals surface area contributed by atoms with Gasteiger partial charge < -0.3 is 14.8 Å². The Hall–Kier alpha value is -1.60. The van der Waals surface area contributed by atoms with Crippen molar-refractivity contribution in [2.45, 2.75) is 25.8 Å². The second-order valence-corrected chi connectivity index (χ2v) is 5.16. The van der Waals surface area contributed by atoms with Gasteiger partial charge in [0.2, 0.25) is 5.88 Å². The van der Waals surface area contributed by atoms with Crippen molar-refractivity contribution in [3.05, 3.63) is 11.8 Å². The minimum atomic E-state index is -0.132. The number of methoxy groups -OCH3 is 1. The Morgan fingerprint density at radius 2 is 2.48 bits per heavy atom. The number of piperidine rings is 1. The standard InChI is InChI=1S/C14H24N4O3/c1-3-21-13-9-12(16-17-13)14(19)15-11-5-4-6-18(10-11)7-8-20-2/h9,11H,3-8,10H2,1-2H3,(H,15,19)(H,16,17). The van der Waals surface area contributed by atoms with Gasteiger partial charge in [0.15, 0.2) is 0 Å². The first-order valence-electron chi connectivity index (χ1n) is 7.43. The van der Waals surface area contributed by atoms with Gasteiger partial charge in [-0.25, -0.2) is 0 Å². The van der Waals surface area contributed by atoms with E-state index in [4.69, 9.17) is 9.47 Å². The van der Waals surface area contributed by atoms with Crippen molar-refractivity contribution in [3.63, 3.8) is 0 Å². The largest absolute Gasteiger partial charge is 0.477 e. The summed E-state index contributed by atoms with van der Waals surface area (Å²) >= 11 is 0. The smallest absolute Gasteiger partial charge is 0.269 e. The Balaban J connectivity index is 1.83. The van der Waals surface area contributed by atoms with Crippen molar-refractivity contribution >= 4 is 5.91 Å². The van der Waals surface area contributed by atoms with Gasteiger partial charge in [-0.2, -0.15) is 0 Å². The van der Waals surface area contributed by atoms with E-state index in [1.807, 2.05) is 6.92 Å². The van der Waals surface area contributed by atoms with Gasteiger partial charge in [-0.3, -0.25) is 14.8 Å². The average Bonchev–Trinajstić information content (AvgIpc) is 2.95. The topological polar surface area (TPSA) is 79.5 Å². The summed E-state index contributed by atoms with van der Waals surface area (Å²) in [5.41, 5.74) is 0.437. The summed E-state index contributed by atoms with van der Waals surface area (Å²) in [5.74, 6) is 0.319. The third-order valence-electron chi connectivity index (χ3n) is 3.54. The molecule has 0 bridgehead atoms. The summed E-state index contributed by atoms with van der Waals surface area (Å²) in [6.45, 7) is 5.96. The van der Waals surface area contributed by atoms with Crippen molar-refractivity contribution in [3.8, 4) is 5.88 Å². The van der Waals surface area contributed by atoms with E-state index < -0.39 is 0 Å². The summed E-state index contributed by atoms with van der Waals surface area (Å²) < 4.78 is 10.3. The van der Waals surface area contributed by atoms with Crippen molar-refractivity contribution in [2.24, 2.45) is 0 Å². The van der Waals surface area contributed by atoms with Gasteiger partial charge in [-0.15, -0.1) is 5.10 Å². The van der Waals surface area contributed by atoms with Gasteiger partial charge in [0, 0.05) is 32.3 Å². The zero-order valence-electron chi connectivity index (χ0n) is 12.7. The van der Waals surface area contributed by atoms with Crippen LogP contribution in [-0.2, 0) is 4.74 Å². The van der Waals surface area contributed by atoms with Crippen LogP contribution in [0.5, 0.6) is 5.88 Å². The maximum absolute atomic E-state index is 12.2. The molecule has 1 atom stereocenters. The number of amides is 1. The maximum Gasteiger partial charge on any atom is 0.269 e. The lowest BCUT2D eigenvalue weighted by atomic mass is 10.1. The number of carbonyl (C=O) groups excluding carboxylic acids is 1. The van der Waals surface area contributed by atoms with Crippen LogP contribution >= 0.6 is 0 Å². The van der Waals surface area contributed by atoms with Crippen LogP contribution in [0.1, 0.15) is 30.3 Å². The summed E-state index contributed by atoms with van der Waals surface area (Å²) in [5, 5.41) is 9.69. The van der Waals surface area contributed by atoms with E-state index in [0.717, 1.165) is 39.1 Å². The molecule has 1 aromatic rings. The normalized spacial score (nSPS) is 19.4. The molecule has 21 heavy (non-hydrogen) atoms. The first-order valence-corrected chi connectivity index (χ1v) is 7.43. The van der Waals surface area contributed by atoms with Crippen LogP contribution in [0.4, 0.5) is 0 Å². The van der Waals surface area contributed by atoms with Crippen LogP contribution in [0.2, 0.25) is 0 Å². The second kappa shape index (κ2) is 7.99. The fourth-order valence-corrected chi connectivity index (χ4v) is 2.50. The maximum atomic E-state index is 12.2. The monoisotopic (exact) mass is 296 g/mol. The van der Waals surface area contributed by atoms with Gasteiger partial charge >= 0.3 is 0 Å². The van der Waals surface area contributed by atoms with Gasteiger partial charge in [0.1, 0.15) is 5.69 Å². The predicted molar refractivity (Wildman–Crippen MR) is 78.6 cm³/mol. The molecule has 1 aliphatic rings. The molecule has 0 radical (unpaired) electrons. The Labute approximate surface area is 125 Å². The number of ether oxygens (including phenoxy) is 2. The first kappa shape index (κ1) is 15.8. The molecule has 7 nitrogen and oxygen atoms in total. The molecule has 0 saturated carbocycles. The van der Waals surface area contributed by atoms with E-state index in [-0.39, 0.29) is 11.9 Å². The third-order valence-corrected chi connectivity index (χ3v) is 3.54. The van der Waals surface area contributed by atoms with Gasteiger partial charge in [0.25, 0.3) is 5.91 Å². The van der Waals surface area contributed by atoms with Crippen molar-refractivity contribution < 1.29 is 14.3 Å². The van der Waals surface area contributed by atoms with E-state index >= 15 is 0 Å². The average molecular weight is 296 g/mol. The fraction of sp³-hybridized carbons (Fsp3) is 0.714. The van der Waals surface area contributed by atoms with E-state index in [0.29, 0.717) is 18.2 Å². The molecule has 1 aromatic heterocycles. The Morgan fingerprint density at radius 3 is 3.24 bits per heavy atom. The number of carbonyl (C=O) groups is 1. The summed E-state index contributed by atoms with van der Waals surface area (Å²) in [4.78, 5) is 14.5. The molecule has 1 fully saturated rings. The zero-order valence-corrected chi connectivity index (χ0v) is 12.7. The first-order chi connectivity index (χ1) is 10.2. The summed E-state index contributed by atoms with van der Waals surface area (Å²) in [7, 11) is 1.71. The molecular formula is C14H24N4O3. The number of H-pyrrole nitrogens is 1. The van der Waals surface area contributed by atoms with E-state index in [9.17, 15) is 4.79 Å². The number of hydrogen-bond donors (Lipinski definition) is 2. The molecule has 0 aliphatic carbocycles. The third kappa shape index (κ3) is 4.71. The van der Waals surface area contributed by atoms with Crippen LogP contribution in [0, 0.1) is 0 Å². The molecule has 0 spiro atoms. The lowest BCUT2D eigenvalue weighted by molar-refractivity contribution is 0.0874. The number of rotatable bonds is 7. The molecule has 1 amide bonds. The minimum absolute atomic E-state index is 0.132. The number of hydrogen-bond acceptors (Lipinski definition) is 5. The quantitative estimate of drug-likeness (QED) is 0.772. The highest BCUT2D eigenvalue weighted by Gasteiger charge is 2.22. The number of likely N-dealkylation sites (tertiary alicyclic amines) is 1. The molecular weight excluding hydrogens is 272 g/mol. The van der Waals surface area contributed by atoms with Crippen LogP contribution in [0.3, 0.4) is 0 Å². The summed E-state index contributed by atoms with van der Waals surface area (Å²) in [6.07, 6.45) is 2.09. The molecule has 7 heteroatoms. The highest BCUT2D eigenvalue weighted by atomic mass is 16.5. The van der Waals surface area contributed by atoms with Crippen LogP contribution < -0.4 is 10.1 Å². The molecule has 1 aliphatic heterocycles. The molecule has 118 valence electrons. The molecule has 1 saturated heterocycles. The van der Waals surface area contributed by atoms with E-state index in [1.165, 1.54) is 0 Å². The molecule has 2 N–H and O–H groups in total. The van der Waals surface area contributed by atoms with Crippen molar-refractivity contribution in [1.29, 1.82) is 0 Å². The lowest BCUT2D eigenvalue weighted by Crippen LogP contribution is -2.48. The van der Waals surface area contributed by atoms with Crippen LogP contribution in [-0.4, -0.2) is 67.0 Å². The van der Waals surface area contributed by atoms with Crippen LogP contribution in [0.25, 0.3) is 0 Å². The van der Waals surface area contributed by atoms with Crippen molar-refractivity contribution in [1.82, 2.24) is 20.4 Å². The molecule has 1 unspecified atom stereocenters. The molecule has 2 heterocycles. The number of aromatic nitrogens is 2. The highest BCUT2D eigenvalue weighted by molar-refractivity contribution is 5.92. The summed E-state index contributed by atoms with van der Waals surface area (Å²) in [6, 6.07) is 1.80. The Morgan fingerprint density at radius 1 is 1.62 bits per heavy atom. The fourth-order valence-electron chi connectivity index (χ4n) is 2.50. The lowest BCUT2D eigenvalue weighted by Gasteiger charge is -2.32. The predicted octanol–water partition coefficient (Wildman–Crippen LogP) is 0.649. The highest BCUT2D eigenvalue weighted by Crippen LogP contribution is 2.12. The SMILES string of the molecule is CCOc1cc(C(=O)NC2CCCN(CCOC)C2)[nH]n1. The second-order valence-electron chi connectivity index (χ2n) is 5.16. The van der Waals surface area contributed by atoms with Gasteiger partial charge in [0.05, 0.1) is 13.2 Å². The molecule has 2 rings (SSSR count).